The average molecular weight is 571 g/mol. The van der Waals surface area contributed by atoms with Crippen molar-refractivity contribution in [3.63, 3.8) is 0 Å². The molecule has 10 heteroatoms. The second-order valence-electron chi connectivity index (χ2n) is 10.2. The Balaban J connectivity index is 2.27. The number of carbonyl (C=O) groups excluding carboxylic acids is 2. The van der Waals surface area contributed by atoms with E-state index in [2.05, 4.69) is 5.32 Å². The first-order valence-corrected chi connectivity index (χ1v) is 14.8. The number of benzene rings is 2. The van der Waals surface area contributed by atoms with Gasteiger partial charge in [0, 0.05) is 35.1 Å². The lowest BCUT2D eigenvalue weighted by atomic mass is 10.0. The number of halogens is 2. The molecule has 0 saturated heterocycles. The molecule has 2 amide bonds. The fourth-order valence-corrected chi connectivity index (χ4v) is 5.35. The Labute approximate surface area is 231 Å². The molecule has 2 rings (SSSR count). The first-order valence-electron chi connectivity index (χ1n) is 12.2. The summed E-state index contributed by atoms with van der Waals surface area (Å²) in [6.45, 7) is 9.67. The maximum atomic E-state index is 13.5. The van der Waals surface area contributed by atoms with E-state index in [1.165, 1.54) is 9.21 Å². The molecule has 0 heterocycles. The molecule has 0 aliphatic heterocycles. The van der Waals surface area contributed by atoms with E-state index in [1.54, 1.807) is 30.3 Å². The molecule has 0 saturated carbocycles. The topological polar surface area (TPSA) is 86.8 Å². The van der Waals surface area contributed by atoms with Crippen LogP contribution < -0.4 is 9.62 Å². The standard InChI is InChI=1S/C27H37Cl2N3O4S/c1-7-24(26(34)30-27(3,4)5)31(18-20-12-13-21(28)17-23(20)29)25(33)9-8-16-32(37(6,35)36)22-14-10-19(2)11-15-22/h10-15,17,24H,7-9,16,18H2,1-6H3,(H,30,34)/t24-/m0/s1. The zero-order valence-electron chi connectivity index (χ0n) is 22.3. The third kappa shape index (κ3) is 9.51. The van der Waals surface area contributed by atoms with Crippen molar-refractivity contribution in [2.45, 2.75) is 72.0 Å². The molecule has 1 atom stereocenters. The Kier molecular flexibility index (Phi) is 10.9. The van der Waals surface area contributed by atoms with Crippen LogP contribution in [0.3, 0.4) is 0 Å². The SMILES string of the molecule is CC[C@@H](C(=O)NC(C)(C)C)N(Cc1ccc(Cl)cc1Cl)C(=O)CCCN(c1ccc(C)cc1)S(C)(=O)=O. The highest BCUT2D eigenvalue weighted by molar-refractivity contribution is 7.92. The van der Waals surface area contributed by atoms with Crippen molar-refractivity contribution >= 4 is 50.7 Å². The van der Waals surface area contributed by atoms with Gasteiger partial charge in [-0.1, -0.05) is 53.9 Å². The zero-order valence-corrected chi connectivity index (χ0v) is 24.7. The smallest absolute Gasteiger partial charge is 0.243 e. The summed E-state index contributed by atoms with van der Waals surface area (Å²) < 4.78 is 26.2. The van der Waals surface area contributed by atoms with E-state index < -0.39 is 21.6 Å². The number of hydrogen-bond donors (Lipinski definition) is 1. The summed E-state index contributed by atoms with van der Waals surface area (Å²) >= 11 is 12.4. The lowest BCUT2D eigenvalue weighted by Crippen LogP contribution is -2.53. The molecule has 2 aromatic rings. The quantitative estimate of drug-likeness (QED) is 0.383. The Morgan fingerprint density at radius 3 is 2.19 bits per heavy atom. The van der Waals surface area contributed by atoms with E-state index in [1.807, 2.05) is 46.8 Å². The van der Waals surface area contributed by atoms with Gasteiger partial charge in [-0.2, -0.15) is 0 Å². The first kappa shape index (κ1) is 30.9. The Bertz CT molecular complexity index is 1200. The van der Waals surface area contributed by atoms with Crippen LogP contribution in [0.5, 0.6) is 0 Å². The minimum Gasteiger partial charge on any atom is -0.350 e. The highest BCUT2D eigenvalue weighted by Gasteiger charge is 2.31. The number of nitrogens with one attached hydrogen (secondary N) is 1. The summed E-state index contributed by atoms with van der Waals surface area (Å²) in [5, 5.41) is 3.84. The molecule has 0 aromatic heterocycles. The minimum absolute atomic E-state index is 0.0579. The van der Waals surface area contributed by atoms with Crippen molar-refractivity contribution in [3.05, 3.63) is 63.6 Å². The predicted molar refractivity (Wildman–Crippen MR) is 152 cm³/mol. The number of nitrogens with zero attached hydrogens (tertiary/aromatic N) is 2. The van der Waals surface area contributed by atoms with Gasteiger partial charge in [0.1, 0.15) is 6.04 Å². The van der Waals surface area contributed by atoms with Crippen molar-refractivity contribution < 1.29 is 18.0 Å². The van der Waals surface area contributed by atoms with Crippen LogP contribution >= 0.6 is 23.2 Å². The molecule has 0 radical (unpaired) electrons. The highest BCUT2D eigenvalue weighted by Crippen LogP contribution is 2.25. The second kappa shape index (κ2) is 13.0. The van der Waals surface area contributed by atoms with Gasteiger partial charge in [0.25, 0.3) is 0 Å². The molecular formula is C27H37Cl2N3O4S. The van der Waals surface area contributed by atoms with Gasteiger partial charge in [-0.25, -0.2) is 8.42 Å². The maximum absolute atomic E-state index is 13.5. The number of aryl methyl sites for hydroxylation is 1. The van der Waals surface area contributed by atoms with E-state index in [0.29, 0.717) is 27.7 Å². The molecule has 0 aliphatic rings. The van der Waals surface area contributed by atoms with Gasteiger partial charge in [-0.05, 0) is 70.4 Å². The molecule has 1 N–H and O–H groups in total. The van der Waals surface area contributed by atoms with E-state index in [-0.39, 0.29) is 37.7 Å². The number of carbonyl (C=O) groups is 2. The van der Waals surface area contributed by atoms with Crippen LogP contribution in [0.2, 0.25) is 10.0 Å². The third-order valence-corrected chi connectivity index (χ3v) is 7.50. The first-order chi connectivity index (χ1) is 17.1. The van der Waals surface area contributed by atoms with Crippen LogP contribution in [-0.4, -0.2) is 49.5 Å². The summed E-state index contributed by atoms with van der Waals surface area (Å²) in [6, 6.07) is 11.5. The third-order valence-electron chi connectivity index (χ3n) is 5.71. The van der Waals surface area contributed by atoms with Gasteiger partial charge in [-0.15, -0.1) is 0 Å². The number of amides is 2. The highest BCUT2D eigenvalue weighted by atomic mass is 35.5. The van der Waals surface area contributed by atoms with E-state index in [0.717, 1.165) is 11.8 Å². The molecule has 204 valence electrons. The van der Waals surface area contributed by atoms with Gasteiger partial charge >= 0.3 is 0 Å². The van der Waals surface area contributed by atoms with Crippen molar-refractivity contribution in [3.8, 4) is 0 Å². The molecular weight excluding hydrogens is 533 g/mol. The average Bonchev–Trinajstić information content (AvgIpc) is 2.76. The summed E-state index contributed by atoms with van der Waals surface area (Å²) in [5.74, 6) is -0.523. The monoisotopic (exact) mass is 569 g/mol. The second-order valence-corrected chi connectivity index (χ2v) is 12.9. The van der Waals surface area contributed by atoms with Crippen LogP contribution in [0.15, 0.2) is 42.5 Å². The lowest BCUT2D eigenvalue weighted by Gasteiger charge is -2.33. The summed E-state index contributed by atoms with van der Waals surface area (Å²) in [6.07, 6.45) is 1.88. The van der Waals surface area contributed by atoms with E-state index in [9.17, 15) is 18.0 Å². The normalized spacial score (nSPS) is 12.6. The maximum Gasteiger partial charge on any atom is 0.243 e. The molecule has 7 nitrogen and oxygen atoms in total. The van der Waals surface area contributed by atoms with Crippen LogP contribution in [0, 0.1) is 6.92 Å². The zero-order chi connectivity index (χ0) is 28.0. The molecule has 0 bridgehead atoms. The molecule has 0 unspecified atom stereocenters. The van der Waals surface area contributed by atoms with Crippen LogP contribution in [0.4, 0.5) is 5.69 Å². The van der Waals surface area contributed by atoms with Crippen LogP contribution in [0.25, 0.3) is 0 Å². The fraction of sp³-hybridized carbons (Fsp3) is 0.481. The van der Waals surface area contributed by atoms with Crippen LogP contribution in [0.1, 0.15) is 58.1 Å². The van der Waals surface area contributed by atoms with E-state index >= 15 is 0 Å². The van der Waals surface area contributed by atoms with Crippen molar-refractivity contribution in [1.82, 2.24) is 10.2 Å². The number of sulfonamides is 1. The van der Waals surface area contributed by atoms with Crippen molar-refractivity contribution in [2.75, 3.05) is 17.1 Å². The van der Waals surface area contributed by atoms with Gasteiger partial charge in [-0.3, -0.25) is 13.9 Å². The molecule has 0 aliphatic carbocycles. The van der Waals surface area contributed by atoms with Crippen LogP contribution in [-0.2, 0) is 26.2 Å². The van der Waals surface area contributed by atoms with Gasteiger partial charge < -0.3 is 10.2 Å². The van der Waals surface area contributed by atoms with Crippen molar-refractivity contribution in [1.29, 1.82) is 0 Å². The summed E-state index contributed by atoms with van der Waals surface area (Å²) in [7, 11) is -3.55. The van der Waals surface area contributed by atoms with Gasteiger partial charge in [0.05, 0.1) is 11.9 Å². The molecule has 0 fully saturated rings. The van der Waals surface area contributed by atoms with Crippen molar-refractivity contribution in [2.24, 2.45) is 0 Å². The number of anilines is 1. The lowest BCUT2D eigenvalue weighted by molar-refractivity contribution is -0.142. The molecule has 2 aromatic carbocycles. The largest absolute Gasteiger partial charge is 0.350 e. The predicted octanol–water partition coefficient (Wildman–Crippen LogP) is 5.57. The fourth-order valence-electron chi connectivity index (χ4n) is 3.92. The van der Waals surface area contributed by atoms with Gasteiger partial charge in [0.2, 0.25) is 21.8 Å². The van der Waals surface area contributed by atoms with E-state index in [4.69, 9.17) is 23.2 Å². The van der Waals surface area contributed by atoms with Gasteiger partial charge in [0.15, 0.2) is 0 Å². The number of rotatable bonds is 11. The summed E-state index contributed by atoms with van der Waals surface area (Å²) in [5.41, 5.74) is 1.75. The molecule has 37 heavy (non-hydrogen) atoms. The minimum atomic E-state index is -3.55. The molecule has 0 spiro atoms. The Morgan fingerprint density at radius 2 is 1.68 bits per heavy atom. The number of hydrogen-bond acceptors (Lipinski definition) is 4. The summed E-state index contributed by atoms with van der Waals surface area (Å²) in [4.78, 5) is 28.2. The Hall–Kier alpha value is -2.29. The Morgan fingerprint density at radius 1 is 1.05 bits per heavy atom.